The monoisotopic (exact) mass is 507 g/mol. The van der Waals surface area contributed by atoms with E-state index in [-0.39, 0.29) is 30.4 Å². The van der Waals surface area contributed by atoms with Crippen LogP contribution >= 0.6 is 0 Å². The number of benzene rings is 1. The molecule has 0 spiro atoms. The van der Waals surface area contributed by atoms with Gasteiger partial charge in [0.1, 0.15) is 12.1 Å². The third kappa shape index (κ3) is 10.8. The second-order valence-electron chi connectivity index (χ2n) is 11.0. The molecule has 0 fully saturated rings. The minimum atomic E-state index is -1.09. The van der Waals surface area contributed by atoms with Gasteiger partial charge in [-0.05, 0) is 79.0 Å². The fraction of sp³-hybridized carbons (Fsp3) is 0.630. The lowest BCUT2D eigenvalue weighted by molar-refractivity contribution is -0.148. The van der Waals surface area contributed by atoms with Gasteiger partial charge in [-0.25, -0.2) is 0 Å². The zero-order chi connectivity index (χ0) is 27.7. The van der Waals surface area contributed by atoms with Gasteiger partial charge >= 0.3 is 23.9 Å². The van der Waals surface area contributed by atoms with Crippen molar-refractivity contribution in [3.63, 3.8) is 0 Å². The molecular weight excluding hydrogens is 466 g/mol. The van der Waals surface area contributed by atoms with Gasteiger partial charge in [-0.15, -0.1) is 0 Å². The molecule has 0 radical (unpaired) electrons. The molecule has 1 rings (SSSR count). The highest BCUT2D eigenvalue weighted by Crippen LogP contribution is 2.33. The van der Waals surface area contributed by atoms with Crippen LogP contribution in [0.4, 0.5) is 0 Å². The third-order valence-corrected chi connectivity index (χ3v) is 5.09. The third-order valence-electron chi connectivity index (χ3n) is 5.09. The minimum Gasteiger partial charge on any atom is -0.480 e. The Bertz CT molecular complexity index is 927. The molecule has 0 saturated carbocycles. The maximum absolute atomic E-state index is 12.5. The first-order chi connectivity index (χ1) is 16.5. The molecule has 0 aliphatic heterocycles. The number of hydrogen-bond donors (Lipinski definition) is 2. The smallest absolute Gasteiger partial charge is 0.321 e. The Labute approximate surface area is 213 Å². The van der Waals surface area contributed by atoms with Crippen molar-refractivity contribution in [3.8, 4) is 11.5 Å². The number of rotatable bonds is 12. The molecule has 2 N–H and O–H groups in total. The summed E-state index contributed by atoms with van der Waals surface area (Å²) in [7, 11) is 0. The number of aliphatic carboxylic acids is 1. The van der Waals surface area contributed by atoms with Gasteiger partial charge in [-0.2, -0.15) is 0 Å². The predicted octanol–water partition coefficient (Wildman–Crippen LogP) is 4.30. The fourth-order valence-electron chi connectivity index (χ4n) is 2.79. The lowest BCUT2D eigenvalue weighted by Gasteiger charge is -2.22. The van der Waals surface area contributed by atoms with Crippen molar-refractivity contribution in [3.05, 3.63) is 23.8 Å². The Hall–Kier alpha value is -2.94. The van der Waals surface area contributed by atoms with Crippen LogP contribution in [0.1, 0.15) is 80.2 Å². The van der Waals surface area contributed by atoms with E-state index in [2.05, 4.69) is 5.32 Å². The Balaban J connectivity index is 3.05. The number of unbranched alkanes of at least 4 members (excludes halogenated alkanes) is 1. The maximum atomic E-state index is 12.5. The van der Waals surface area contributed by atoms with Crippen molar-refractivity contribution in [2.24, 2.45) is 10.8 Å². The summed E-state index contributed by atoms with van der Waals surface area (Å²) in [6, 6.07) is 3.61. The minimum absolute atomic E-state index is 0.0346. The Kier molecular flexibility index (Phi) is 11.6. The van der Waals surface area contributed by atoms with Gasteiger partial charge in [0.25, 0.3) is 0 Å². The molecule has 202 valence electrons. The molecule has 1 aromatic carbocycles. The van der Waals surface area contributed by atoms with E-state index in [1.165, 1.54) is 12.1 Å². The number of carboxylic acids is 1. The largest absolute Gasteiger partial charge is 0.480 e. The molecule has 0 heterocycles. The summed E-state index contributed by atoms with van der Waals surface area (Å²) in [4.78, 5) is 48.6. The van der Waals surface area contributed by atoms with Gasteiger partial charge in [0.15, 0.2) is 11.5 Å². The topological polar surface area (TPSA) is 128 Å². The van der Waals surface area contributed by atoms with Crippen LogP contribution in [-0.4, -0.2) is 47.7 Å². The summed E-state index contributed by atoms with van der Waals surface area (Å²) in [5.74, 6) is -2.33. The zero-order valence-corrected chi connectivity index (χ0v) is 22.7. The van der Waals surface area contributed by atoms with Crippen molar-refractivity contribution < 1.29 is 38.5 Å². The molecule has 0 aliphatic carbocycles. The van der Waals surface area contributed by atoms with Gasteiger partial charge in [-0.1, -0.05) is 19.4 Å². The highest BCUT2D eigenvalue weighted by atomic mass is 16.6. The van der Waals surface area contributed by atoms with Crippen LogP contribution in [0.15, 0.2) is 18.2 Å². The van der Waals surface area contributed by atoms with Gasteiger partial charge in [-0.3, -0.25) is 19.2 Å². The number of hydrogen-bond acceptors (Lipinski definition) is 8. The highest BCUT2D eigenvalue weighted by Gasteiger charge is 2.29. The van der Waals surface area contributed by atoms with E-state index in [0.29, 0.717) is 12.0 Å². The van der Waals surface area contributed by atoms with Crippen LogP contribution in [-0.2, 0) is 30.3 Å². The molecular formula is C27H41NO8. The molecule has 9 heteroatoms. The standard InChI is InChI=1S/C27H41NO8/c1-9-10-11-22(29)34-17(2)16-28-19(23(30)31)14-18-12-13-20(35-24(32)26(3,4)5)21(15-18)36-25(33)27(6,7)8/h12-13,15,17,19,28H,9-11,14,16H2,1-8H3,(H,30,31)/t17?,19-/m0/s1. The quantitative estimate of drug-likeness (QED) is 0.314. The van der Waals surface area contributed by atoms with Crippen molar-refractivity contribution in [1.29, 1.82) is 0 Å². The molecule has 0 saturated heterocycles. The number of nitrogens with one attached hydrogen (secondary N) is 1. The van der Waals surface area contributed by atoms with Crippen LogP contribution in [0.25, 0.3) is 0 Å². The molecule has 2 atom stereocenters. The predicted molar refractivity (Wildman–Crippen MR) is 135 cm³/mol. The second kappa shape index (κ2) is 13.4. The Morgan fingerprint density at radius 3 is 2.00 bits per heavy atom. The summed E-state index contributed by atoms with van der Waals surface area (Å²) >= 11 is 0. The van der Waals surface area contributed by atoms with Crippen molar-refractivity contribution in [1.82, 2.24) is 5.32 Å². The number of esters is 3. The maximum Gasteiger partial charge on any atom is 0.321 e. The van der Waals surface area contributed by atoms with Crippen LogP contribution in [0, 0.1) is 10.8 Å². The van der Waals surface area contributed by atoms with Crippen LogP contribution in [0.2, 0.25) is 0 Å². The normalized spacial score (nSPS) is 13.4. The Morgan fingerprint density at radius 2 is 1.50 bits per heavy atom. The highest BCUT2D eigenvalue weighted by molar-refractivity contribution is 5.81. The van der Waals surface area contributed by atoms with E-state index >= 15 is 0 Å². The summed E-state index contributed by atoms with van der Waals surface area (Å²) < 4.78 is 16.3. The van der Waals surface area contributed by atoms with Gasteiger partial charge in [0.2, 0.25) is 0 Å². The van der Waals surface area contributed by atoms with E-state index in [1.54, 1.807) is 54.5 Å². The molecule has 0 aromatic heterocycles. The fourth-order valence-corrected chi connectivity index (χ4v) is 2.79. The molecule has 1 unspecified atom stereocenters. The average Bonchev–Trinajstić information content (AvgIpc) is 2.75. The summed E-state index contributed by atoms with van der Waals surface area (Å²) in [5.41, 5.74) is -1.04. The first-order valence-corrected chi connectivity index (χ1v) is 12.3. The molecule has 36 heavy (non-hydrogen) atoms. The number of ether oxygens (including phenoxy) is 3. The van der Waals surface area contributed by atoms with Crippen LogP contribution < -0.4 is 14.8 Å². The van der Waals surface area contributed by atoms with Crippen molar-refractivity contribution >= 4 is 23.9 Å². The average molecular weight is 508 g/mol. The van der Waals surface area contributed by atoms with E-state index < -0.39 is 40.9 Å². The van der Waals surface area contributed by atoms with Crippen molar-refractivity contribution in [2.75, 3.05) is 6.54 Å². The molecule has 0 aliphatic rings. The number of carboxylic acid groups (broad SMARTS) is 1. The van der Waals surface area contributed by atoms with Crippen LogP contribution in [0.5, 0.6) is 11.5 Å². The lowest BCUT2D eigenvalue weighted by atomic mass is 9.97. The zero-order valence-electron chi connectivity index (χ0n) is 22.7. The molecule has 0 bridgehead atoms. The molecule has 1 aromatic rings. The molecule has 9 nitrogen and oxygen atoms in total. The van der Waals surface area contributed by atoms with Crippen molar-refractivity contribution in [2.45, 2.75) is 93.2 Å². The van der Waals surface area contributed by atoms with Gasteiger partial charge in [0.05, 0.1) is 10.8 Å². The SMILES string of the molecule is CCCCC(=O)OC(C)CN[C@@H](Cc1ccc(OC(=O)C(C)(C)C)c(OC(=O)C(C)(C)C)c1)C(=O)O. The molecule has 0 amide bonds. The first kappa shape index (κ1) is 31.1. The van der Waals surface area contributed by atoms with E-state index in [1.807, 2.05) is 6.92 Å². The van der Waals surface area contributed by atoms with Crippen LogP contribution in [0.3, 0.4) is 0 Å². The first-order valence-electron chi connectivity index (χ1n) is 12.3. The second-order valence-corrected chi connectivity index (χ2v) is 11.0. The van der Waals surface area contributed by atoms with E-state index in [4.69, 9.17) is 14.2 Å². The number of carbonyl (C=O) groups excluding carboxylic acids is 3. The van der Waals surface area contributed by atoms with E-state index in [9.17, 15) is 24.3 Å². The van der Waals surface area contributed by atoms with Gasteiger partial charge < -0.3 is 24.6 Å². The Morgan fingerprint density at radius 1 is 0.944 bits per heavy atom. The van der Waals surface area contributed by atoms with E-state index in [0.717, 1.165) is 12.8 Å². The summed E-state index contributed by atoms with van der Waals surface area (Å²) in [5, 5.41) is 12.6. The number of carbonyl (C=O) groups is 4. The lowest BCUT2D eigenvalue weighted by Crippen LogP contribution is -2.42. The summed E-state index contributed by atoms with van der Waals surface area (Å²) in [6.07, 6.45) is 1.49. The summed E-state index contributed by atoms with van der Waals surface area (Å²) in [6.45, 7) is 14.0. The van der Waals surface area contributed by atoms with Gasteiger partial charge in [0, 0.05) is 13.0 Å².